The van der Waals surface area contributed by atoms with Crippen molar-refractivity contribution < 1.29 is 18.3 Å². The molecule has 0 aliphatic heterocycles. The Hall–Kier alpha value is -2.86. The second-order valence-corrected chi connectivity index (χ2v) is 6.60. The molecule has 5 nitrogen and oxygen atoms in total. The van der Waals surface area contributed by atoms with Crippen LogP contribution in [-0.4, -0.2) is 24.5 Å². The minimum Gasteiger partial charge on any atom is -0.482 e. The number of halogens is 2. The molecule has 0 saturated heterocycles. The van der Waals surface area contributed by atoms with Crippen LogP contribution in [0.5, 0.6) is 5.75 Å². The number of carbonyl (C=O) groups is 1. The minimum absolute atomic E-state index is 0.241. The van der Waals surface area contributed by atoms with Crippen LogP contribution in [0, 0.1) is 12.7 Å². The van der Waals surface area contributed by atoms with E-state index in [1.807, 2.05) is 0 Å². The van der Waals surface area contributed by atoms with Crippen molar-refractivity contribution in [2.45, 2.75) is 13.5 Å². The minimum atomic E-state index is -0.473. The maximum absolute atomic E-state index is 13.2. The molecule has 2 aromatic carbocycles. The number of hydrogen-bond acceptors (Lipinski definition) is 4. The summed E-state index contributed by atoms with van der Waals surface area (Å²) in [5.41, 5.74) is 1.27. The summed E-state index contributed by atoms with van der Waals surface area (Å²) in [6.45, 7) is 1.77. The fourth-order valence-corrected chi connectivity index (χ4v) is 2.90. The molecule has 0 spiro atoms. The number of carbonyl (C=O) groups excluding carboxylic acids is 1. The van der Waals surface area contributed by atoms with Gasteiger partial charge in [0.25, 0.3) is 5.91 Å². The highest BCUT2D eigenvalue weighted by atomic mass is 35.5. The lowest BCUT2D eigenvalue weighted by Gasteiger charge is -2.18. The Labute approximate surface area is 159 Å². The molecule has 0 N–H and O–H groups in total. The molecular formula is C20H17ClFNO4. The topological polar surface area (TPSA) is 59.8 Å². The highest BCUT2D eigenvalue weighted by Crippen LogP contribution is 2.31. The van der Waals surface area contributed by atoms with E-state index in [0.717, 1.165) is 5.56 Å². The van der Waals surface area contributed by atoms with Crippen molar-refractivity contribution in [2.24, 2.45) is 0 Å². The van der Waals surface area contributed by atoms with E-state index in [0.29, 0.717) is 21.6 Å². The molecule has 0 saturated carbocycles. The van der Waals surface area contributed by atoms with Gasteiger partial charge in [-0.2, -0.15) is 0 Å². The van der Waals surface area contributed by atoms with Gasteiger partial charge in [-0.25, -0.2) is 9.18 Å². The Morgan fingerprint density at radius 1 is 1.26 bits per heavy atom. The molecule has 0 aliphatic rings. The normalized spacial score (nSPS) is 10.8. The summed E-state index contributed by atoms with van der Waals surface area (Å²) in [6, 6.07) is 10.5. The lowest BCUT2D eigenvalue weighted by Crippen LogP contribution is -2.31. The van der Waals surface area contributed by atoms with Crippen molar-refractivity contribution in [1.82, 2.24) is 4.90 Å². The first-order valence-corrected chi connectivity index (χ1v) is 8.56. The molecule has 0 radical (unpaired) electrons. The van der Waals surface area contributed by atoms with Crippen LogP contribution >= 0.6 is 11.6 Å². The summed E-state index contributed by atoms with van der Waals surface area (Å²) in [7, 11) is 1.60. The Morgan fingerprint density at radius 3 is 2.78 bits per heavy atom. The number of benzene rings is 2. The Morgan fingerprint density at radius 2 is 2.04 bits per heavy atom. The number of rotatable bonds is 5. The quantitative estimate of drug-likeness (QED) is 0.620. The largest absolute Gasteiger partial charge is 0.482 e. The summed E-state index contributed by atoms with van der Waals surface area (Å²) in [5.74, 6) is -0.420. The number of fused-ring (bicyclic) bond motifs is 1. The summed E-state index contributed by atoms with van der Waals surface area (Å²) >= 11 is 6.21. The zero-order valence-corrected chi connectivity index (χ0v) is 15.5. The predicted molar refractivity (Wildman–Crippen MR) is 101 cm³/mol. The number of aryl methyl sites for hydroxylation is 1. The molecule has 1 aromatic heterocycles. The SMILES string of the molecule is Cc1cc(=O)oc2cc(OCC(=O)N(C)Cc3cccc(F)c3)c(Cl)cc12. The average Bonchev–Trinajstić information content (AvgIpc) is 2.60. The fourth-order valence-electron chi connectivity index (χ4n) is 2.68. The fraction of sp³-hybridized carbons (Fsp3) is 0.200. The van der Waals surface area contributed by atoms with Crippen molar-refractivity contribution in [3.8, 4) is 5.75 Å². The number of nitrogens with zero attached hydrogens (tertiary/aromatic N) is 1. The lowest BCUT2D eigenvalue weighted by atomic mass is 10.1. The molecule has 3 rings (SSSR count). The lowest BCUT2D eigenvalue weighted by molar-refractivity contribution is -0.132. The molecule has 27 heavy (non-hydrogen) atoms. The summed E-state index contributed by atoms with van der Waals surface area (Å²) in [6.07, 6.45) is 0. The zero-order valence-electron chi connectivity index (χ0n) is 14.8. The van der Waals surface area contributed by atoms with Gasteiger partial charge in [0.15, 0.2) is 6.61 Å². The smallest absolute Gasteiger partial charge is 0.336 e. The van der Waals surface area contributed by atoms with Gasteiger partial charge in [0.2, 0.25) is 0 Å². The van der Waals surface area contributed by atoms with E-state index in [4.69, 9.17) is 20.8 Å². The first-order valence-electron chi connectivity index (χ1n) is 8.18. The number of likely N-dealkylation sites (N-methyl/N-ethyl adjacent to an activating group) is 1. The third kappa shape index (κ3) is 4.46. The number of amides is 1. The molecule has 1 heterocycles. The standard InChI is InChI=1S/C20H17ClFNO4/c1-12-6-20(25)27-17-9-18(16(21)8-15(12)17)26-11-19(24)23(2)10-13-4-3-5-14(22)7-13/h3-9H,10-11H2,1-2H3. The van der Waals surface area contributed by atoms with Crippen LogP contribution in [0.1, 0.15) is 11.1 Å². The van der Waals surface area contributed by atoms with E-state index in [1.54, 1.807) is 32.2 Å². The third-order valence-corrected chi connectivity index (χ3v) is 4.38. The van der Waals surface area contributed by atoms with Crippen molar-refractivity contribution in [1.29, 1.82) is 0 Å². The van der Waals surface area contributed by atoms with Crippen LogP contribution in [0.4, 0.5) is 4.39 Å². The van der Waals surface area contributed by atoms with Gasteiger partial charge >= 0.3 is 5.63 Å². The van der Waals surface area contributed by atoms with Gasteiger partial charge in [0.05, 0.1) is 5.02 Å². The summed E-state index contributed by atoms with van der Waals surface area (Å²) in [4.78, 5) is 25.2. The molecule has 1 amide bonds. The molecule has 0 atom stereocenters. The van der Waals surface area contributed by atoms with E-state index in [2.05, 4.69) is 0 Å². The second kappa shape index (κ2) is 7.80. The van der Waals surface area contributed by atoms with Gasteiger partial charge in [0, 0.05) is 31.1 Å². The van der Waals surface area contributed by atoms with E-state index in [9.17, 15) is 14.0 Å². The summed E-state index contributed by atoms with van der Waals surface area (Å²) < 4.78 is 23.9. The van der Waals surface area contributed by atoms with Crippen molar-refractivity contribution in [2.75, 3.05) is 13.7 Å². The molecule has 0 unspecified atom stereocenters. The molecule has 140 valence electrons. The second-order valence-electron chi connectivity index (χ2n) is 6.20. The number of ether oxygens (including phenoxy) is 1. The number of hydrogen-bond donors (Lipinski definition) is 0. The molecular weight excluding hydrogens is 373 g/mol. The highest BCUT2D eigenvalue weighted by molar-refractivity contribution is 6.32. The maximum Gasteiger partial charge on any atom is 0.336 e. The van der Waals surface area contributed by atoms with E-state index >= 15 is 0 Å². The maximum atomic E-state index is 13.2. The predicted octanol–water partition coefficient (Wildman–Crippen LogP) is 3.93. The van der Waals surface area contributed by atoms with Crippen LogP contribution < -0.4 is 10.4 Å². The van der Waals surface area contributed by atoms with Crippen LogP contribution in [0.3, 0.4) is 0 Å². The Bertz CT molecular complexity index is 1060. The van der Waals surface area contributed by atoms with Crippen molar-refractivity contribution in [3.05, 3.63) is 74.9 Å². The van der Waals surface area contributed by atoms with Gasteiger partial charge in [-0.15, -0.1) is 0 Å². The monoisotopic (exact) mass is 389 g/mol. The van der Waals surface area contributed by atoms with Gasteiger partial charge in [-0.1, -0.05) is 23.7 Å². The van der Waals surface area contributed by atoms with Gasteiger partial charge in [0.1, 0.15) is 17.1 Å². The van der Waals surface area contributed by atoms with Gasteiger partial charge in [-0.05, 0) is 36.2 Å². The van der Waals surface area contributed by atoms with Crippen LogP contribution in [0.15, 0.2) is 51.7 Å². The molecule has 3 aromatic rings. The first kappa shape index (κ1) is 18.9. The highest BCUT2D eigenvalue weighted by Gasteiger charge is 2.14. The zero-order chi connectivity index (χ0) is 19.6. The van der Waals surface area contributed by atoms with Gasteiger partial charge < -0.3 is 14.1 Å². The van der Waals surface area contributed by atoms with Crippen molar-refractivity contribution >= 4 is 28.5 Å². The van der Waals surface area contributed by atoms with Crippen LogP contribution in [-0.2, 0) is 11.3 Å². The Kier molecular flexibility index (Phi) is 5.46. The molecule has 7 heteroatoms. The third-order valence-electron chi connectivity index (χ3n) is 4.09. The van der Waals surface area contributed by atoms with Crippen LogP contribution in [0.2, 0.25) is 5.02 Å². The molecule has 0 aliphatic carbocycles. The molecule has 0 fully saturated rings. The van der Waals surface area contributed by atoms with E-state index in [-0.39, 0.29) is 30.6 Å². The summed E-state index contributed by atoms with van der Waals surface area (Å²) in [5, 5.41) is 1.00. The first-order chi connectivity index (χ1) is 12.8. The van der Waals surface area contributed by atoms with Crippen molar-refractivity contribution in [3.63, 3.8) is 0 Å². The van der Waals surface area contributed by atoms with E-state index < -0.39 is 5.63 Å². The van der Waals surface area contributed by atoms with E-state index in [1.165, 1.54) is 29.2 Å². The molecule has 0 bridgehead atoms. The van der Waals surface area contributed by atoms with Crippen LogP contribution in [0.25, 0.3) is 11.0 Å². The Balaban J connectivity index is 1.71. The average molecular weight is 390 g/mol. The van der Waals surface area contributed by atoms with Gasteiger partial charge in [-0.3, -0.25) is 4.79 Å².